The van der Waals surface area contributed by atoms with Crippen molar-refractivity contribution in [2.45, 2.75) is 51.5 Å². The molecule has 0 spiro atoms. The predicted molar refractivity (Wildman–Crippen MR) is 150 cm³/mol. The fraction of sp³-hybridized carbons (Fsp3) is 0.367. The monoisotopic (exact) mass is 550 g/mol. The van der Waals surface area contributed by atoms with Crippen molar-refractivity contribution in [3.63, 3.8) is 0 Å². The molecule has 5 rings (SSSR count). The molecule has 0 radical (unpaired) electrons. The molecule has 3 aromatic heterocycles. The zero-order chi connectivity index (χ0) is 27.2. The first-order valence-electron chi connectivity index (χ1n) is 13.4. The lowest BCUT2D eigenvalue weighted by Gasteiger charge is -2.10. The van der Waals surface area contributed by atoms with Gasteiger partial charge in [0.15, 0.2) is 11.6 Å². The van der Waals surface area contributed by atoms with Gasteiger partial charge in [-0.3, -0.25) is 14.8 Å². The second-order valence-electron chi connectivity index (χ2n) is 10.0. The Hall–Kier alpha value is -3.27. The van der Waals surface area contributed by atoms with Gasteiger partial charge in [0.1, 0.15) is 11.5 Å². The van der Waals surface area contributed by atoms with Gasteiger partial charge < -0.3 is 15.8 Å². The van der Waals surface area contributed by atoms with Gasteiger partial charge in [0.2, 0.25) is 5.82 Å². The van der Waals surface area contributed by atoms with Gasteiger partial charge in [-0.25, -0.2) is 4.39 Å². The number of halogens is 2. The van der Waals surface area contributed by atoms with Crippen LogP contribution in [0.4, 0.5) is 8.78 Å². The topological polar surface area (TPSA) is 90.1 Å². The Kier molecular flexibility index (Phi) is 8.91. The molecule has 1 saturated carbocycles. The van der Waals surface area contributed by atoms with Crippen LogP contribution in [0.25, 0.3) is 20.8 Å². The van der Waals surface area contributed by atoms with Crippen LogP contribution in [-0.2, 0) is 17.8 Å². The van der Waals surface area contributed by atoms with E-state index in [1.54, 1.807) is 12.3 Å². The molecule has 3 heterocycles. The van der Waals surface area contributed by atoms with Crippen LogP contribution in [0.3, 0.4) is 0 Å². The van der Waals surface area contributed by atoms with Crippen LogP contribution in [0.2, 0.25) is 0 Å². The molecular formula is C30H32F2N4O2S. The van der Waals surface area contributed by atoms with Crippen LogP contribution in [-0.4, -0.2) is 28.8 Å². The van der Waals surface area contributed by atoms with Crippen LogP contribution in [0.5, 0.6) is 11.5 Å². The molecule has 0 bridgehead atoms. The standard InChI is InChI=1S/C30H32F2N4O2S/c31-28-21(15-22(37)14-19-4-5-19)7-9-25(29(28)32)38-26-10-13-35-24-16-27(39-30(24)26)23-8-6-20(18-36-23)17-34-12-3-1-2-11-33/h6-10,13,16,18-19,34H,1-5,11-12,14-15,17,33H2. The van der Waals surface area contributed by atoms with E-state index in [2.05, 4.69) is 15.3 Å². The number of aromatic nitrogens is 2. The molecule has 0 unspecified atom stereocenters. The fourth-order valence-electron chi connectivity index (χ4n) is 4.43. The Morgan fingerprint density at radius 2 is 1.92 bits per heavy atom. The van der Waals surface area contributed by atoms with Gasteiger partial charge in [-0.1, -0.05) is 18.6 Å². The highest BCUT2D eigenvalue weighted by atomic mass is 32.1. The molecule has 0 aliphatic heterocycles. The van der Waals surface area contributed by atoms with E-state index in [4.69, 9.17) is 10.5 Å². The number of rotatable bonds is 14. The van der Waals surface area contributed by atoms with Crippen molar-refractivity contribution in [2.75, 3.05) is 13.1 Å². The smallest absolute Gasteiger partial charge is 0.201 e. The summed E-state index contributed by atoms with van der Waals surface area (Å²) in [5, 5.41) is 3.42. The lowest BCUT2D eigenvalue weighted by molar-refractivity contribution is -0.118. The summed E-state index contributed by atoms with van der Waals surface area (Å²) in [6.07, 6.45) is 9.10. The number of nitrogens with two attached hydrogens (primary N) is 1. The van der Waals surface area contributed by atoms with Crippen LogP contribution in [0.15, 0.2) is 48.8 Å². The van der Waals surface area contributed by atoms with E-state index in [-0.39, 0.29) is 23.5 Å². The number of fused-ring (bicyclic) bond motifs is 1. The van der Waals surface area contributed by atoms with Crippen LogP contribution < -0.4 is 15.8 Å². The third kappa shape index (κ3) is 7.03. The van der Waals surface area contributed by atoms with Crippen molar-refractivity contribution in [2.24, 2.45) is 11.7 Å². The molecule has 0 atom stereocenters. The first kappa shape index (κ1) is 27.3. The number of thiophene rings is 1. The number of nitrogens with zero attached hydrogens (tertiary/aromatic N) is 2. The van der Waals surface area contributed by atoms with Gasteiger partial charge in [0.25, 0.3) is 0 Å². The van der Waals surface area contributed by atoms with Crippen molar-refractivity contribution in [1.29, 1.82) is 0 Å². The molecule has 3 N–H and O–H groups in total. The molecule has 9 heteroatoms. The van der Waals surface area contributed by atoms with Crippen molar-refractivity contribution in [1.82, 2.24) is 15.3 Å². The average Bonchev–Trinajstić information content (AvgIpc) is 3.64. The van der Waals surface area contributed by atoms with E-state index in [1.807, 2.05) is 24.4 Å². The number of carbonyl (C=O) groups excluding carboxylic acids is 1. The van der Waals surface area contributed by atoms with Gasteiger partial charge in [0, 0.05) is 37.8 Å². The third-order valence-electron chi connectivity index (χ3n) is 6.79. The van der Waals surface area contributed by atoms with Gasteiger partial charge in [0.05, 0.1) is 20.8 Å². The number of pyridine rings is 2. The van der Waals surface area contributed by atoms with Gasteiger partial charge in [-0.2, -0.15) is 4.39 Å². The van der Waals surface area contributed by atoms with Crippen molar-refractivity contribution in [3.05, 3.63) is 71.6 Å². The normalized spacial score (nSPS) is 13.2. The molecular weight excluding hydrogens is 518 g/mol. The number of nitrogens with one attached hydrogen (secondary N) is 1. The number of ether oxygens (including phenoxy) is 1. The zero-order valence-corrected chi connectivity index (χ0v) is 22.5. The second kappa shape index (κ2) is 12.7. The Labute approximate surface area is 230 Å². The van der Waals surface area contributed by atoms with Crippen LogP contribution in [0, 0.1) is 17.6 Å². The maximum absolute atomic E-state index is 14.9. The van der Waals surface area contributed by atoms with Crippen molar-refractivity contribution in [3.8, 4) is 22.1 Å². The van der Waals surface area contributed by atoms with E-state index < -0.39 is 11.6 Å². The molecule has 1 fully saturated rings. The van der Waals surface area contributed by atoms with E-state index in [0.717, 1.165) is 67.9 Å². The molecule has 39 heavy (non-hydrogen) atoms. The summed E-state index contributed by atoms with van der Waals surface area (Å²) in [7, 11) is 0. The second-order valence-corrected chi connectivity index (χ2v) is 11.1. The molecule has 0 amide bonds. The SMILES string of the molecule is NCCCCCNCc1ccc(-c2cc3nccc(Oc4ccc(CC(=O)CC5CC5)c(F)c4F)c3s2)nc1. The van der Waals surface area contributed by atoms with Gasteiger partial charge >= 0.3 is 0 Å². The Morgan fingerprint density at radius 1 is 1.05 bits per heavy atom. The summed E-state index contributed by atoms with van der Waals surface area (Å²) in [6.45, 7) is 2.42. The number of hydrogen-bond donors (Lipinski definition) is 2. The molecule has 4 aromatic rings. The highest BCUT2D eigenvalue weighted by Crippen LogP contribution is 2.39. The summed E-state index contributed by atoms with van der Waals surface area (Å²) in [5.74, 6) is -1.65. The number of benzene rings is 1. The first-order chi connectivity index (χ1) is 19.0. The minimum Gasteiger partial charge on any atom is -0.453 e. The Bertz CT molecular complexity index is 1440. The maximum Gasteiger partial charge on any atom is 0.201 e. The number of unbranched alkanes of at least 4 members (excludes halogenated alkanes) is 2. The minimum absolute atomic E-state index is 0.0556. The Morgan fingerprint density at radius 3 is 2.69 bits per heavy atom. The zero-order valence-electron chi connectivity index (χ0n) is 21.7. The molecule has 1 aliphatic carbocycles. The summed E-state index contributed by atoms with van der Waals surface area (Å²) >= 11 is 1.43. The summed E-state index contributed by atoms with van der Waals surface area (Å²) in [4.78, 5) is 22.1. The summed E-state index contributed by atoms with van der Waals surface area (Å²) in [6, 6.07) is 10.4. The van der Waals surface area contributed by atoms with Crippen molar-refractivity contribution >= 4 is 27.3 Å². The fourth-order valence-corrected chi connectivity index (χ4v) is 5.48. The van der Waals surface area contributed by atoms with Gasteiger partial charge in [-0.15, -0.1) is 11.3 Å². The largest absolute Gasteiger partial charge is 0.453 e. The average molecular weight is 551 g/mol. The van der Waals surface area contributed by atoms with Gasteiger partial charge in [-0.05, 0) is 74.0 Å². The predicted octanol–water partition coefficient (Wildman–Crippen LogP) is 6.56. The number of Topliss-reactive ketones (excluding diaryl/α,β-unsaturated/α-hetero) is 1. The molecule has 1 aliphatic rings. The summed E-state index contributed by atoms with van der Waals surface area (Å²) in [5.41, 5.74) is 8.16. The quantitative estimate of drug-likeness (QED) is 0.173. The van der Waals surface area contributed by atoms with E-state index in [1.165, 1.54) is 23.5 Å². The van der Waals surface area contributed by atoms with Crippen molar-refractivity contribution < 1.29 is 18.3 Å². The van der Waals surface area contributed by atoms with Crippen LogP contribution in [0.1, 0.15) is 49.7 Å². The molecule has 1 aromatic carbocycles. The number of hydrogen-bond acceptors (Lipinski definition) is 7. The van der Waals surface area contributed by atoms with E-state index in [0.29, 0.717) is 28.3 Å². The molecule has 204 valence electrons. The van der Waals surface area contributed by atoms with E-state index in [9.17, 15) is 13.6 Å². The third-order valence-corrected chi connectivity index (χ3v) is 7.95. The highest BCUT2D eigenvalue weighted by molar-refractivity contribution is 7.22. The molecule has 0 saturated heterocycles. The van der Waals surface area contributed by atoms with Crippen LogP contribution >= 0.6 is 11.3 Å². The highest BCUT2D eigenvalue weighted by Gasteiger charge is 2.25. The lowest BCUT2D eigenvalue weighted by Crippen LogP contribution is -2.15. The number of carbonyl (C=O) groups is 1. The molecule has 6 nitrogen and oxygen atoms in total. The minimum atomic E-state index is -1.10. The number of ketones is 1. The van der Waals surface area contributed by atoms with E-state index >= 15 is 0 Å². The summed E-state index contributed by atoms with van der Waals surface area (Å²) < 4.78 is 36.2. The first-order valence-corrected chi connectivity index (χ1v) is 14.2. The Balaban J connectivity index is 1.26. The maximum atomic E-state index is 14.9. The lowest BCUT2D eigenvalue weighted by atomic mass is 10.0.